The fraction of sp³-hybridized carbons (Fsp3) is 0.900. The molecule has 5 unspecified atom stereocenters. The maximum absolute atomic E-state index is 10.3. The van der Waals surface area contributed by atoms with Crippen molar-refractivity contribution in [1.82, 2.24) is 0 Å². The molecule has 0 aromatic heterocycles. The summed E-state index contributed by atoms with van der Waals surface area (Å²) in [6, 6.07) is 0. The Balaban J connectivity index is 4.36. The minimum atomic E-state index is -2.21. The first kappa shape index (κ1) is 16.3. The van der Waals surface area contributed by atoms with Crippen molar-refractivity contribution in [3.05, 3.63) is 0 Å². The van der Waals surface area contributed by atoms with Crippen LogP contribution in [0.2, 0.25) is 0 Å². The van der Waals surface area contributed by atoms with E-state index in [2.05, 4.69) is 0 Å². The van der Waals surface area contributed by atoms with E-state index >= 15 is 0 Å². The molecule has 0 aromatic rings. The van der Waals surface area contributed by atoms with Gasteiger partial charge in [-0.3, -0.25) is 0 Å². The Morgan fingerprint density at radius 1 is 1.00 bits per heavy atom. The first-order valence-corrected chi connectivity index (χ1v) is 5.46. The second-order valence-corrected chi connectivity index (χ2v) is 3.96. The summed E-state index contributed by atoms with van der Waals surface area (Å²) in [4.78, 5) is 10.3. The Kier molecular flexibility index (Phi) is 7.24. The molecule has 0 aliphatic rings. The van der Waals surface area contributed by atoms with Gasteiger partial charge in [0, 0.05) is 0 Å². The number of unbranched alkanes of at least 4 members (excludes halogenated alkanes) is 1. The van der Waals surface area contributed by atoms with E-state index in [1.165, 1.54) is 0 Å². The van der Waals surface area contributed by atoms with Gasteiger partial charge in [-0.15, -0.1) is 0 Å². The molecule has 0 saturated heterocycles. The van der Waals surface area contributed by atoms with Crippen molar-refractivity contribution in [2.45, 2.75) is 56.7 Å². The van der Waals surface area contributed by atoms with E-state index in [1.54, 1.807) is 0 Å². The van der Waals surface area contributed by atoms with E-state index in [1.807, 2.05) is 6.92 Å². The van der Waals surface area contributed by atoms with Crippen molar-refractivity contribution in [1.29, 1.82) is 0 Å². The number of hydrogen-bond donors (Lipinski definition) is 6. The average Bonchev–Trinajstić information content (AvgIpc) is 2.31. The van der Waals surface area contributed by atoms with Crippen LogP contribution in [0.25, 0.3) is 0 Å². The van der Waals surface area contributed by atoms with Crippen LogP contribution in [-0.4, -0.2) is 67.1 Å². The van der Waals surface area contributed by atoms with Gasteiger partial charge in [-0.2, -0.15) is 0 Å². The highest BCUT2D eigenvalue weighted by molar-refractivity contribution is 5.72. The molecule has 5 atom stereocenters. The molecule has 0 bridgehead atoms. The zero-order chi connectivity index (χ0) is 13.6. The lowest BCUT2D eigenvalue weighted by Crippen LogP contribution is -2.51. The molecule has 0 radical (unpaired) electrons. The van der Waals surface area contributed by atoms with Crippen LogP contribution in [0, 0.1) is 0 Å². The number of carboxylic acid groups (broad SMARTS) is 1. The van der Waals surface area contributed by atoms with Crippen LogP contribution >= 0.6 is 0 Å². The highest BCUT2D eigenvalue weighted by Gasteiger charge is 2.36. The van der Waals surface area contributed by atoms with E-state index in [-0.39, 0.29) is 6.42 Å². The standard InChI is InChI=1S/C10H20O7/c1-2-3-4-5(11)6(12)7(13)8(14)9(15)10(16)17/h5-9,11-15H,2-4H2,1H3,(H,16,17). The van der Waals surface area contributed by atoms with E-state index in [9.17, 15) is 25.2 Å². The lowest BCUT2D eigenvalue weighted by molar-refractivity contribution is -0.168. The molecule has 0 aromatic carbocycles. The number of hydrogen-bond acceptors (Lipinski definition) is 6. The second kappa shape index (κ2) is 7.57. The van der Waals surface area contributed by atoms with Crippen LogP contribution in [0.5, 0.6) is 0 Å². The number of rotatable bonds is 8. The summed E-state index contributed by atoms with van der Waals surface area (Å²) in [5.74, 6) is -1.72. The third-order valence-corrected chi connectivity index (χ3v) is 2.52. The van der Waals surface area contributed by atoms with Gasteiger partial charge in [-0.05, 0) is 6.42 Å². The number of aliphatic hydroxyl groups is 5. The molecule has 7 heteroatoms. The maximum Gasteiger partial charge on any atom is 0.335 e. The Labute approximate surface area is 99.0 Å². The monoisotopic (exact) mass is 252 g/mol. The van der Waals surface area contributed by atoms with Crippen LogP contribution in [0.4, 0.5) is 0 Å². The first-order valence-electron chi connectivity index (χ1n) is 5.46. The molecule has 0 heterocycles. The quantitative estimate of drug-likeness (QED) is 0.295. The second-order valence-electron chi connectivity index (χ2n) is 3.96. The Morgan fingerprint density at radius 3 is 1.94 bits per heavy atom. The maximum atomic E-state index is 10.3. The van der Waals surface area contributed by atoms with Gasteiger partial charge in [0.05, 0.1) is 6.10 Å². The average molecular weight is 252 g/mol. The number of carboxylic acids is 1. The molecule has 0 aliphatic carbocycles. The molecule has 102 valence electrons. The van der Waals surface area contributed by atoms with E-state index in [4.69, 9.17) is 10.2 Å². The van der Waals surface area contributed by atoms with Gasteiger partial charge in [-0.25, -0.2) is 4.79 Å². The predicted octanol–water partition coefficient (Wildman–Crippen LogP) is -1.93. The number of carbonyl (C=O) groups is 1. The van der Waals surface area contributed by atoms with Gasteiger partial charge in [-0.1, -0.05) is 19.8 Å². The van der Waals surface area contributed by atoms with Crippen LogP contribution in [0.15, 0.2) is 0 Å². The zero-order valence-electron chi connectivity index (χ0n) is 9.60. The summed E-state index contributed by atoms with van der Waals surface area (Å²) in [5, 5.41) is 54.9. The Bertz CT molecular complexity index is 233. The molecule has 0 fully saturated rings. The van der Waals surface area contributed by atoms with Crippen LogP contribution in [0.3, 0.4) is 0 Å². The minimum absolute atomic E-state index is 0.213. The van der Waals surface area contributed by atoms with Crippen LogP contribution in [-0.2, 0) is 4.79 Å². The molecule has 0 spiro atoms. The van der Waals surface area contributed by atoms with Crippen molar-refractivity contribution in [2.24, 2.45) is 0 Å². The van der Waals surface area contributed by atoms with Crippen molar-refractivity contribution in [3.63, 3.8) is 0 Å². The summed E-state index contributed by atoms with van der Waals surface area (Å²) in [7, 11) is 0. The van der Waals surface area contributed by atoms with Gasteiger partial charge < -0.3 is 30.6 Å². The van der Waals surface area contributed by atoms with Gasteiger partial charge in [0.2, 0.25) is 0 Å². The number of aliphatic carboxylic acids is 1. The molecular formula is C10H20O7. The zero-order valence-corrected chi connectivity index (χ0v) is 9.60. The summed E-state index contributed by atoms with van der Waals surface area (Å²) in [6.45, 7) is 1.87. The van der Waals surface area contributed by atoms with Crippen molar-refractivity contribution in [2.75, 3.05) is 0 Å². The molecule has 0 rings (SSSR count). The Morgan fingerprint density at radius 2 is 1.53 bits per heavy atom. The fourth-order valence-electron chi connectivity index (χ4n) is 1.35. The molecule has 0 amide bonds. The smallest absolute Gasteiger partial charge is 0.335 e. The van der Waals surface area contributed by atoms with Gasteiger partial charge in [0.15, 0.2) is 6.10 Å². The number of aliphatic hydroxyl groups excluding tert-OH is 5. The lowest BCUT2D eigenvalue weighted by Gasteiger charge is -2.27. The molecule has 17 heavy (non-hydrogen) atoms. The van der Waals surface area contributed by atoms with Crippen LogP contribution < -0.4 is 0 Å². The summed E-state index contributed by atoms with van der Waals surface area (Å²) < 4.78 is 0. The van der Waals surface area contributed by atoms with Crippen molar-refractivity contribution in [3.8, 4) is 0 Å². The highest BCUT2D eigenvalue weighted by Crippen LogP contribution is 2.12. The normalized spacial score (nSPS) is 20.4. The summed E-state index contributed by atoms with van der Waals surface area (Å²) in [5.41, 5.74) is 0. The van der Waals surface area contributed by atoms with E-state index < -0.39 is 36.5 Å². The van der Waals surface area contributed by atoms with E-state index in [0.29, 0.717) is 6.42 Å². The fourth-order valence-corrected chi connectivity index (χ4v) is 1.35. The highest BCUT2D eigenvalue weighted by atomic mass is 16.4. The molecule has 7 nitrogen and oxygen atoms in total. The third-order valence-electron chi connectivity index (χ3n) is 2.52. The van der Waals surface area contributed by atoms with E-state index in [0.717, 1.165) is 6.42 Å². The molecular weight excluding hydrogens is 232 g/mol. The largest absolute Gasteiger partial charge is 0.479 e. The minimum Gasteiger partial charge on any atom is -0.479 e. The molecule has 0 saturated carbocycles. The third kappa shape index (κ3) is 4.97. The SMILES string of the molecule is CCCCC(O)C(O)C(O)C(O)C(O)C(=O)O. The first-order chi connectivity index (χ1) is 7.82. The molecule has 6 N–H and O–H groups in total. The lowest BCUT2D eigenvalue weighted by atomic mass is 9.96. The van der Waals surface area contributed by atoms with Crippen LogP contribution in [0.1, 0.15) is 26.2 Å². The predicted molar refractivity (Wildman–Crippen MR) is 57.2 cm³/mol. The van der Waals surface area contributed by atoms with Crippen molar-refractivity contribution < 1.29 is 35.4 Å². The Hall–Kier alpha value is -0.730. The van der Waals surface area contributed by atoms with Gasteiger partial charge in [0.25, 0.3) is 0 Å². The van der Waals surface area contributed by atoms with Crippen molar-refractivity contribution >= 4 is 5.97 Å². The topological polar surface area (TPSA) is 138 Å². The van der Waals surface area contributed by atoms with Gasteiger partial charge in [0.1, 0.15) is 18.3 Å². The molecule has 0 aliphatic heterocycles. The summed E-state index contributed by atoms with van der Waals surface area (Å²) in [6.07, 6.45) is -7.57. The van der Waals surface area contributed by atoms with Gasteiger partial charge >= 0.3 is 5.97 Å². The summed E-state index contributed by atoms with van der Waals surface area (Å²) >= 11 is 0.